The van der Waals surface area contributed by atoms with Crippen LogP contribution in [0.15, 0.2) is 0 Å². The molecule has 0 heterocycles. The third-order valence-electron chi connectivity index (χ3n) is 3.19. The standard InChI is InChI=1S/C8H9ClO2/c1-5(10)7-2-8(3-7,4-7)6(9)11/h2-4H2,1H3. The monoisotopic (exact) mass is 172 g/mol. The maximum absolute atomic E-state index is 11.0. The molecular formula is C8H9ClO2. The van der Waals surface area contributed by atoms with Crippen molar-refractivity contribution in [1.29, 1.82) is 0 Å². The predicted octanol–water partition coefficient (Wildman–Crippen LogP) is 1.51. The molecule has 0 aromatic carbocycles. The lowest BCUT2D eigenvalue weighted by Gasteiger charge is -2.67. The molecule has 0 radical (unpaired) electrons. The summed E-state index contributed by atoms with van der Waals surface area (Å²) >= 11 is 5.38. The average Bonchev–Trinajstić information content (AvgIpc) is 1.51. The quantitative estimate of drug-likeness (QED) is 0.592. The Hall–Kier alpha value is -0.370. The van der Waals surface area contributed by atoms with Gasteiger partial charge in [-0.25, -0.2) is 0 Å². The van der Waals surface area contributed by atoms with Crippen molar-refractivity contribution < 1.29 is 9.59 Å². The van der Waals surface area contributed by atoms with Crippen LogP contribution in [0.5, 0.6) is 0 Å². The van der Waals surface area contributed by atoms with E-state index in [-0.39, 0.29) is 21.9 Å². The fourth-order valence-electron chi connectivity index (χ4n) is 2.37. The molecule has 60 valence electrons. The van der Waals surface area contributed by atoms with Crippen LogP contribution in [0.4, 0.5) is 0 Å². The van der Waals surface area contributed by atoms with E-state index in [0.717, 1.165) is 0 Å². The molecule has 2 nitrogen and oxygen atoms in total. The molecule has 3 aliphatic rings. The van der Waals surface area contributed by atoms with Gasteiger partial charge in [0.15, 0.2) is 0 Å². The summed E-state index contributed by atoms with van der Waals surface area (Å²) in [6.45, 7) is 1.60. The number of ketones is 1. The summed E-state index contributed by atoms with van der Waals surface area (Å²) in [4.78, 5) is 21.8. The highest BCUT2D eigenvalue weighted by Gasteiger charge is 2.73. The van der Waals surface area contributed by atoms with Crippen molar-refractivity contribution in [2.75, 3.05) is 0 Å². The van der Waals surface area contributed by atoms with Gasteiger partial charge in [0.1, 0.15) is 5.78 Å². The molecule has 0 atom stereocenters. The van der Waals surface area contributed by atoms with Crippen LogP contribution >= 0.6 is 11.6 Å². The molecule has 11 heavy (non-hydrogen) atoms. The molecular weight excluding hydrogens is 164 g/mol. The van der Waals surface area contributed by atoms with E-state index >= 15 is 0 Å². The molecule has 0 unspecified atom stereocenters. The first-order valence-electron chi connectivity index (χ1n) is 3.72. The lowest BCUT2D eigenvalue weighted by atomic mass is 9.34. The smallest absolute Gasteiger partial charge is 0.227 e. The normalized spacial score (nSPS) is 45.6. The molecule has 0 aliphatic heterocycles. The van der Waals surface area contributed by atoms with E-state index in [0.29, 0.717) is 19.3 Å². The van der Waals surface area contributed by atoms with Crippen molar-refractivity contribution in [2.24, 2.45) is 10.8 Å². The molecule has 0 aromatic rings. The Bertz CT molecular complexity index is 213. The molecule has 0 saturated heterocycles. The average molecular weight is 173 g/mol. The fourth-order valence-corrected chi connectivity index (χ4v) is 2.57. The highest BCUT2D eigenvalue weighted by molar-refractivity contribution is 6.65. The topological polar surface area (TPSA) is 34.1 Å². The second-order valence-electron chi connectivity index (χ2n) is 3.92. The Morgan fingerprint density at radius 3 is 1.91 bits per heavy atom. The summed E-state index contributed by atoms with van der Waals surface area (Å²) in [7, 11) is 0. The number of halogens is 1. The predicted molar refractivity (Wildman–Crippen MR) is 40.3 cm³/mol. The minimum atomic E-state index is -0.284. The Kier molecular flexibility index (Phi) is 1.12. The van der Waals surface area contributed by atoms with Gasteiger partial charge < -0.3 is 0 Å². The Labute approximate surface area is 69.9 Å². The van der Waals surface area contributed by atoms with Crippen LogP contribution in [0.25, 0.3) is 0 Å². The minimum absolute atomic E-state index is 0.134. The van der Waals surface area contributed by atoms with Crippen molar-refractivity contribution in [3.8, 4) is 0 Å². The van der Waals surface area contributed by atoms with Gasteiger partial charge in [0.25, 0.3) is 0 Å². The van der Waals surface area contributed by atoms with Gasteiger partial charge in [-0.2, -0.15) is 0 Å². The second kappa shape index (κ2) is 1.69. The van der Waals surface area contributed by atoms with Crippen molar-refractivity contribution in [1.82, 2.24) is 0 Å². The van der Waals surface area contributed by atoms with E-state index < -0.39 is 0 Å². The SMILES string of the molecule is CC(=O)C12CC(C(=O)Cl)(C1)C2. The fraction of sp³-hybridized carbons (Fsp3) is 0.750. The zero-order valence-electron chi connectivity index (χ0n) is 6.32. The zero-order valence-corrected chi connectivity index (χ0v) is 7.07. The highest BCUT2D eigenvalue weighted by Crippen LogP contribution is 2.74. The van der Waals surface area contributed by atoms with Gasteiger partial charge in [-0.15, -0.1) is 0 Å². The van der Waals surface area contributed by atoms with Crippen molar-refractivity contribution in [3.05, 3.63) is 0 Å². The van der Waals surface area contributed by atoms with Crippen LogP contribution in [-0.4, -0.2) is 11.0 Å². The second-order valence-corrected chi connectivity index (χ2v) is 4.26. The summed E-state index contributed by atoms with van der Waals surface area (Å²) in [6.07, 6.45) is 2.12. The van der Waals surface area contributed by atoms with Crippen LogP contribution in [0.2, 0.25) is 0 Å². The summed E-state index contributed by atoms with van der Waals surface area (Å²) in [5, 5.41) is -0.249. The lowest BCUT2D eigenvalue weighted by molar-refractivity contribution is -0.198. The van der Waals surface area contributed by atoms with Crippen LogP contribution < -0.4 is 0 Å². The van der Waals surface area contributed by atoms with Crippen LogP contribution in [0.1, 0.15) is 26.2 Å². The largest absolute Gasteiger partial charge is 0.299 e. The molecule has 3 rings (SSSR count). The van der Waals surface area contributed by atoms with E-state index in [1.807, 2.05) is 0 Å². The molecule has 3 aliphatic carbocycles. The van der Waals surface area contributed by atoms with Gasteiger partial charge in [0.2, 0.25) is 5.24 Å². The molecule has 3 heteroatoms. The Morgan fingerprint density at radius 2 is 1.64 bits per heavy atom. The minimum Gasteiger partial charge on any atom is -0.299 e. The van der Waals surface area contributed by atoms with Crippen LogP contribution in [0.3, 0.4) is 0 Å². The summed E-state index contributed by atoms with van der Waals surface area (Å²) in [5.74, 6) is 0.220. The van der Waals surface area contributed by atoms with Gasteiger partial charge in [-0.1, -0.05) is 0 Å². The molecule has 3 fully saturated rings. The van der Waals surface area contributed by atoms with E-state index in [2.05, 4.69) is 0 Å². The van der Waals surface area contributed by atoms with Crippen LogP contribution in [-0.2, 0) is 9.59 Å². The summed E-state index contributed by atoms with van der Waals surface area (Å²) in [6, 6.07) is 0. The van der Waals surface area contributed by atoms with Crippen LogP contribution in [0, 0.1) is 10.8 Å². The van der Waals surface area contributed by atoms with Crippen molar-refractivity contribution >= 4 is 22.6 Å². The third-order valence-corrected chi connectivity index (χ3v) is 3.60. The molecule has 0 spiro atoms. The van der Waals surface area contributed by atoms with Gasteiger partial charge >= 0.3 is 0 Å². The number of Topliss-reactive ketones (excluding diaryl/α,β-unsaturated/α-hetero) is 1. The first-order valence-corrected chi connectivity index (χ1v) is 4.10. The van der Waals surface area contributed by atoms with E-state index in [9.17, 15) is 9.59 Å². The molecule has 3 saturated carbocycles. The van der Waals surface area contributed by atoms with Gasteiger partial charge in [0, 0.05) is 10.8 Å². The number of hydrogen-bond acceptors (Lipinski definition) is 2. The lowest BCUT2D eigenvalue weighted by Crippen LogP contribution is -2.67. The molecule has 0 amide bonds. The molecule has 0 N–H and O–H groups in total. The molecule has 2 bridgehead atoms. The maximum Gasteiger partial charge on any atom is 0.227 e. The van der Waals surface area contributed by atoms with E-state index in [1.165, 1.54) is 0 Å². The Morgan fingerprint density at radius 1 is 1.18 bits per heavy atom. The first kappa shape index (κ1) is 7.29. The summed E-state index contributed by atoms with van der Waals surface area (Å²) in [5.41, 5.74) is -0.419. The summed E-state index contributed by atoms with van der Waals surface area (Å²) < 4.78 is 0. The number of carbonyl (C=O) groups is 2. The van der Waals surface area contributed by atoms with Crippen molar-refractivity contribution in [2.45, 2.75) is 26.2 Å². The zero-order chi connectivity index (χ0) is 8.28. The Balaban J connectivity index is 2.10. The van der Waals surface area contributed by atoms with Gasteiger partial charge in [-0.3, -0.25) is 9.59 Å². The molecule has 0 aromatic heterocycles. The maximum atomic E-state index is 11.0. The van der Waals surface area contributed by atoms with Gasteiger partial charge in [0.05, 0.1) is 0 Å². The van der Waals surface area contributed by atoms with E-state index in [1.54, 1.807) is 6.92 Å². The van der Waals surface area contributed by atoms with Crippen molar-refractivity contribution in [3.63, 3.8) is 0 Å². The van der Waals surface area contributed by atoms with Gasteiger partial charge in [-0.05, 0) is 37.8 Å². The third kappa shape index (κ3) is 0.639. The van der Waals surface area contributed by atoms with E-state index in [4.69, 9.17) is 11.6 Å². The number of hydrogen-bond donors (Lipinski definition) is 0. The number of carbonyl (C=O) groups excluding carboxylic acids is 2. The number of rotatable bonds is 2. The highest BCUT2D eigenvalue weighted by atomic mass is 35.5. The first-order chi connectivity index (χ1) is 5.01.